The minimum absolute atomic E-state index is 0. The molecular weight excluding hydrogens is 304 g/mol. The van der Waals surface area contributed by atoms with Gasteiger partial charge in [-0.15, -0.1) is 12.4 Å². The minimum atomic E-state index is -3.60. The molecular formula is C12H19ClN2O4S. The van der Waals surface area contributed by atoms with Gasteiger partial charge in [0, 0.05) is 13.1 Å². The van der Waals surface area contributed by atoms with Gasteiger partial charge in [0.15, 0.2) is 0 Å². The Bertz CT molecular complexity index is 534. The van der Waals surface area contributed by atoms with Crippen molar-refractivity contribution in [1.29, 1.82) is 0 Å². The van der Waals surface area contributed by atoms with Gasteiger partial charge in [-0.1, -0.05) is 13.0 Å². The molecule has 0 saturated heterocycles. The Balaban J connectivity index is 0.00000361. The summed E-state index contributed by atoms with van der Waals surface area (Å²) in [6.45, 7) is 3.55. The van der Waals surface area contributed by atoms with Crippen LogP contribution in [0.1, 0.15) is 17.3 Å². The Morgan fingerprint density at radius 1 is 1.30 bits per heavy atom. The largest absolute Gasteiger partial charge is 0.465 e. The van der Waals surface area contributed by atoms with E-state index < -0.39 is 16.0 Å². The van der Waals surface area contributed by atoms with Gasteiger partial charge >= 0.3 is 5.97 Å². The van der Waals surface area contributed by atoms with Crippen LogP contribution in [-0.2, 0) is 14.8 Å². The molecule has 0 fully saturated rings. The summed E-state index contributed by atoms with van der Waals surface area (Å²) >= 11 is 0. The zero-order chi connectivity index (χ0) is 14.3. The monoisotopic (exact) mass is 322 g/mol. The predicted octanol–water partition coefficient (Wildman–Crippen LogP) is 0.783. The number of esters is 1. The molecule has 0 amide bonds. The molecule has 6 nitrogen and oxygen atoms in total. The highest BCUT2D eigenvalue weighted by molar-refractivity contribution is 7.89. The fraction of sp³-hybridized carbons (Fsp3) is 0.417. The number of hydrogen-bond donors (Lipinski definition) is 2. The fourth-order valence-corrected chi connectivity index (χ4v) is 2.52. The number of carbonyl (C=O) groups is 1. The smallest absolute Gasteiger partial charge is 0.337 e. The van der Waals surface area contributed by atoms with E-state index >= 15 is 0 Å². The molecule has 1 rings (SSSR count). The molecule has 0 spiro atoms. The Morgan fingerprint density at radius 3 is 2.60 bits per heavy atom. The van der Waals surface area contributed by atoms with Crippen LogP contribution >= 0.6 is 12.4 Å². The Kier molecular flexibility index (Phi) is 8.40. The number of halogens is 1. The molecule has 0 radical (unpaired) electrons. The van der Waals surface area contributed by atoms with E-state index in [4.69, 9.17) is 0 Å². The highest BCUT2D eigenvalue weighted by Crippen LogP contribution is 2.11. The van der Waals surface area contributed by atoms with E-state index in [9.17, 15) is 13.2 Å². The van der Waals surface area contributed by atoms with E-state index in [1.54, 1.807) is 0 Å². The number of ether oxygens (including phenoxy) is 1. The Labute approximate surface area is 125 Å². The van der Waals surface area contributed by atoms with Gasteiger partial charge in [-0.05, 0) is 24.7 Å². The van der Waals surface area contributed by atoms with Crippen LogP contribution in [0.4, 0.5) is 0 Å². The van der Waals surface area contributed by atoms with Crippen molar-refractivity contribution >= 4 is 28.4 Å². The van der Waals surface area contributed by atoms with Gasteiger partial charge in [0.25, 0.3) is 0 Å². The summed E-state index contributed by atoms with van der Waals surface area (Å²) in [6.07, 6.45) is 0. The van der Waals surface area contributed by atoms with E-state index in [0.717, 1.165) is 6.54 Å². The quantitative estimate of drug-likeness (QED) is 0.572. The first-order valence-electron chi connectivity index (χ1n) is 5.90. The van der Waals surface area contributed by atoms with Crippen molar-refractivity contribution < 1.29 is 17.9 Å². The Morgan fingerprint density at radius 2 is 2.00 bits per heavy atom. The highest BCUT2D eigenvalue weighted by Gasteiger charge is 2.15. The van der Waals surface area contributed by atoms with Crippen molar-refractivity contribution in [3.63, 3.8) is 0 Å². The molecule has 1 aromatic rings. The molecule has 0 aliphatic rings. The molecule has 114 valence electrons. The third kappa shape index (κ3) is 5.46. The highest BCUT2D eigenvalue weighted by atomic mass is 35.5. The second-order valence-corrected chi connectivity index (χ2v) is 5.54. The van der Waals surface area contributed by atoms with E-state index in [2.05, 4.69) is 14.8 Å². The van der Waals surface area contributed by atoms with E-state index in [-0.39, 0.29) is 22.9 Å². The van der Waals surface area contributed by atoms with Crippen molar-refractivity contribution in [2.24, 2.45) is 0 Å². The molecule has 8 heteroatoms. The van der Waals surface area contributed by atoms with E-state index in [1.807, 2.05) is 6.92 Å². The molecule has 0 heterocycles. The van der Waals surface area contributed by atoms with Gasteiger partial charge in [-0.3, -0.25) is 0 Å². The lowest BCUT2D eigenvalue weighted by Crippen LogP contribution is -2.31. The topological polar surface area (TPSA) is 84.5 Å². The van der Waals surface area contributed by atoms with Crippen molar-refractivity contribution in [3.05, 3.63) is 29.8 Å². The molecule has 20 heavy (non-hydrogen) atoms. The average molecular weight is 323 g/mol. The first-order chi connectivity index (χ1) is 9.01. The average Bonchev–Trinajstić information content (AvgIpc) is 2.43. The molecule has 0 bridgehead atoms. The minimum Gasteiger partial charge on any atom is -0.465 e. The lowest BCUT2D eigenvalue weighted by Gasteiger charge is -2.08. The summed E-state index contributed by atoms with van der Waals surface area (Å²) in [5, 5.41) is 3.01. The van der Waals surface area contributed by atoms with Crippen molar-refractivity contribution in [2.75, 3.05) is 26.7 Å². The Hall–Kier alpha value is -1.15. The number of carbonyl (C=O) groups excluding carboxylic acids is 1. The van der Waals surface area contributed by atoms with Gasteiger partial charge in [-0.25, -0.2) is 17.9 Å². The number of nitrogens with one attached hydrogen (secondary N) is 2. The van der Waals surface area contributed by atoms with Gasteiger partial charge in [0.05, 0.1) is 17.6 Å². The van der Waals surface area contributed by atoms with E-state index in [0.29, 0.717) is 13.1 Å². The second kappa shape index (κ2) is 8.91. The number of rotatable bonds is 7. The third-order valence-electron chi connectivity index (χ3n) is 2.41. The number of methoxy groups -OCH3 is 1. The maximum Gasteiger partial charge on any atom is 0.337 e. The van der Waals surface area contributed by atoms with Gasteiger partial charge in [0.2, 0.25) is 10.0 Å². The van der Waals surface area contributed by atoms with Crippen molar-refractivity contribution in [3.8, 4) is 0 Å². The first-order valence-corrected chi connectivity index (χ1v) is 7.38. The zero-order valence-electron chi connectivity index (χ0n) is 11.4. The normalized spacial score (nSPS) is 10.7. The summed E-state index contributed by atoms with van der Waals surface area (Å²) in [5.74, 6) is -0.565. The predicted molar refractivity (Wildman–Crippen MR) is 78.8 cm³/mol. The molecule has 0 aliphatic carbocycles. The van der Waals surface area contributed by atoms with Crippen LogP contribution in [-0.4, -0.2) is 41.1 Å². The molecule has 0 unspecified atom stereocenters. The number of hydrogen-bond acceptors (Lipinski definition) is 5. The molecule has 0 saturated carbocycles. The summed E-state index contributed by atoms with van der Waals surface area (Å²) in [4.78, 5) is 11.4. The van der Waals surface area contributed by atoms with Gasteiger partial charge in [0.1, 0.15) is 0 Å². The van der Waals surface area contributed by atoms with Crippen LogP contribution in [0.15, 0.2) is 29.2 Å². The number of sulfonamides is 1. The van der Waals surface area contributed by atoms with Crippen LogP contribution in [0.25, 0.3) is 0 Å². The van der Waals surface area contributed by atoms with Crippen LogP contribution in [0.5, 0.6) is 0 Å². The SMILES string of the molecule is CCNCCNS(=O)(=O)c1cccc(C(=O)OC)c1.Cl. The third-order valence-corrected chi connectivity index (χ3v) is 3.87. The lowest BCUT2D eigenvalue weighted by atomic mass is 10.2. The van der Waals surface area contributed by atoms with Gasteiger partial charge in [-0.2, -0.15) is 0 Å². The standard InChI is InChI=1S/C12H18N2O4S.ClH/c1-3-13-7-8-14-19(16,17)11-6-4-5-10(9-11)12(15)18-2;/h4-6,9,13-14H,3,7-8H2,1-2H3;1H. The second-order valence-electron chi connectivity index (χ2n) is 3.77. The number of likely N-dealkylation sites (N-methyl/N-ethyl adjacent to an activating group) is 1. The zero-order valence-corrected chi connectivity index (χ0v) is 13.0. The lowest BCUT2D eigenvalue weighted by molar-refractivity contribution is 0.0600. The molecule has 0 aliphatic heterocycles. The summed E-state index contributed by atoms with van der Waals surface area (Å²) < 4.78 is 30.9. The maximum absolute atomic E-state index is 12.0. The van der Waals surface area contributed by atoms with Crippen LogP contribution in [0.2, 0.25) is 0 Å². The summed E-state index contributed by atoms with van der Waals surface area (Å²) in [5.41, 5.74) is 0.206. The summed E-state index contributed by atoms with van der Waals surface area (Å²) in [7, 11) is -2.35. The molecule has 2 N–H and O–H groups in total. The fourth-order valence-electron chi connectivity index (χ4n) is 1.44. The number of benzene rings is 1. The van der Waals surface area contributed by atoms with Crippen molar-refractivity contribution in [2.45, 2.75) is 11.8 Å². The maximum atomic E-state index is 12.0. The van der Waals surface area contributed by atoms with E-state index in [1.165, 1.54) is 31.4 Å². The molecule has 0 aromatic heterocycles. The first kappa shape index (κ1) is 18.9. The van der Waals surface area contributed by atoms with Crippen molar-refractivity contribution in [1.82, 2.24) is 10.0 Å². The van der Waals surface area contributed by atoms with Crippen LogP contribution in [0.3, 0.4) is 0 Å². The van der Waals surface area contributed by atoms with Crippen LogP contribution in [0, 0.1) is 0 Å². The molecule has 1 aromatic carbocycles. The molecule has 0 atom stereocenters. The van der Waals surface area contributed by atoms with Crippen LogP contribution < -0.4 is 10.0 Å². The van der Waals surface area contributed by atoms with Gasteiger partial charge < -0.3 is 10.1 Å². The summed E-state index contributed by atoms with van der Waals surface area (Å²) in [6, 6.07) is 5.73.